The Kier molecular flexibility index (Phi) is 5.20. The van der Waals surface area contributed by atoms with Crippen molar-refractivity contribution >= 4 is 21.7 Å². The SMILES string of the molecule is O=C1C(Oc2ccccc2Br)=COC2C1CCC1OCN(Cc3ccco3)CC12. The monoisotopic (exact) mass is 459 g/mol. The average Bonchev–Trinajstić information content (AvgIpc) is 3.24. The van der Waals surface area contributed by atoms with Crippen molar-refractivity contribution in [1.29, 1.82) is 0 Å². The highest BCUT2D eigenvalue weighted by molar-refractivity contribution is 9.10. The van der Waals surface area contributed by atoms with Crippen molar-refractivity contribution in [2.24, 2.45) is 11.8 Å². The van der Waals surface area contributed by atoms with Gasteiger partial charge >= 0.3 is 0 Å². The summed E-state index contributed by atoms with van der Waals surface area (Å²) in [6.45, 7) is 2.07. The van der Waals surface area contributed by atoms with Crippen LogP contribution in [0.2, 0.25) is 0 Å². The van der Waals surface area contributed by atoms with E-state index in [-0.39, 0.29) is 35.6 Å². The number of halogens is 1. The van der Waals surface area contributed by atoms with Gasteiger partial charge in [-0.05, 0) is 53.0 Å². The Bertz CT molecular complexity index is 912. The number of para-hydroxylation sites is 1. The summed E-state index contributed by atoms with van der Waals surface area (Å²) in [5, 5.41) is 0. The number of hydrogen-bond donors (Lipinski definition) is 0. The van der Waals surface area contributed by atoms with Crippen molar-refractivity contribution in [2.45, 2.75) is 31.6 Å². The van der Waals surface area contributed by atoms with Crippen LogP contribution in [0, 0.1) is 11.8 Å². The lowest BCUT2D eigenvalue weighted by Crippen LogP contribution is -2.56. The van der Waals surface area contributed by atoms with Crippen LogP contribution >= 0.6 is 15.9 Å². The smallest absolute Gasteiger partial charge is 0.208 e. The van der Waals surface area contributed by atoms with E-state index in [4.69, 9.17) is 18.6 Å². The van der Waals surface area contributed by atoms with Gasteiger partial charge in [-0.15, -0.1) is 0 Å². The molecule has 3 aliphatic rings. The first-order valence-electron chi connectivity index (χ1n) is 9.87. The molecule has 0 N–H and O–H groups in total. The topological polar surface area (TPSA) is 61.1 Å². The second-order valence-electron chi connectivity index (χ2n) is 7.75. The molecule has 1 aliphatic carbocycles. The van der Waals surface area contributed by atoms with Crippen LogP contribution < -0.4 is 4.74 Å². The number of fused-ring (bicyclic) bond motifs is 3. The average molecular weight is 460 g/mol. The van der Waals surface area contributed by atoms with Crippen LogP contribution in [0.4, 0.5) is 0 Å². The van der Waals surface area contributed by atoms with Crippen LogP contribution in [0.1, 0.15) is 18.6 Å². The molecule has 2 fully saturated rings. The highest BCUT2D eigenvalue weighted by Crippen LogP contribution is 2.41. The van der Waals surface area contributed by atoms with Gasteiger partial charge in [0, 0.05) is 12.5 Å². The largest absolute Gasteiger partial charge is 0.493 e. The molecule has 7 heteroatoms. The maximum atomic E-state index is 13.1. The van der Waals surface area contributed by atoms with Crippen molar-refractivity contribution in [3.8, 4) is 5.75 Å². The van der Waals surface area contributed by atoms with Gasteiger partial charge < -0.3 is 18.6 Å². The van der Waals surface area contributed by atoms with Crippen molar-refractivity contribution in [2.75, 3.05) is 13.3 Å². The molecule has 1 saturated heterocycles. The van der Waals surface area contributed by atoms with Gasteiger partial charge in [0.2, 0.25) is 11.5 Å². The number of hydrogen-bond acceptors (Lipinski definition) is 6. The highest BCUT2D eigenvalue weighted by Gasteiger charge is 2.49. The standard InChI is InChI=1S/C22H22BrNO5/c23-17-5-1-2-6-19(17)29-20-12-27-22-15(21(20)25)7-8-18-16(22)11-24(13-28-18)10-14-4-3-9-26-14/h1-6,9,12,15-16,18,22H,7-8,10-11,13H2. The quantitative estimate of drug-likeness (QED) is 0.685. The predicted molar refractivity (Wildman–Crippen MR) is 108 cm³/mol. The Morgan fingerprint density at radius 1 is 1.17 bits per heavy atom. The third kappa shape index (κ3) is 3.74. The summed E-state index contributed by atoms with van der Waals surface area (Å²) in [7, 11) is 0. The van der Waals surface area contributed by atoms with E-state index in [1.807, 2.05) is 36.4 Å². The minimum absolute atomic E-state index is 0.0126. The van der Waals surface area contributed by atoms with Crippen LogP contribution in [-0.2, 0) is 20.8 Å². The van der Waals surface area contributed by atoms with Crippen LogP contribution in [0.3, 0.4) is 0 Å². The molecular formula is C22H22BrNO5. The van der Waals surface area contributed by atoms with Crippen LogP contribution in [0.15, 0.2) is 63.6 Å². The fourth-order valence-electron chi connectivity index (χ4n) is 4.52. The van der Waals surface area contributed by atoms with Gasteiger partial charge in [0.05, 0.1) is 36.0 Å². The molecule has 2 aliphatic heterocycles. The zero-order valence-electron chi connectivity index (χ0n) is 15.8. The normalized spacial score (nSPS) is 29.4. The number of allylic oxidation sites excluding steroid dienone is 1. The minimum Gasteiger partial charge on any atom is -0.493 e. The second kappa shape index (κ2) is 7.97. The molecular weight excluding hydrogens is 438 g/mol. The third-order valence-corrected chi connectivity index (χ3v) is 6.58. The lowest BCUT2D eigenvalue weighted by Gasteiger charge is -2.47. The molecule has 0 bridgehead atoms. The predicted octanol–water partition coefficient (Wildman–Crippen LogP) is 4.11. The summed E-state index contributed by atoms with van der Waals surface area (Å²) in [4.78, 5) is 15.3. The fourth-order valence-corrected chi connectivity index (χ4v) is 4.89. The van der Waals surface area contributed by atoms with Gasteiger partial charge in [-0.25, -0.2) is 0 Å². The molecule has 1 aromatic heterocycles. The first kappa shape index (κ1) is 18.9. The molecule has 4 unspecified atom stereocenters. The number of nitrogens with zero attached hydrogens (tertiary/aromatic N) is 1. The molecule has 0 spiro atoms. The summed E-state index contributed by atoms with van der Waals surface area (Å²) in [6.07, 6.45) is 4.71. The van der Waals surface area contributed by atoms with Gasteiger partial charge in [-0.3, -0.25) is 9.69 Å². The van der Waals surface area contributed by atoms with E-state index < -0.39 is 0 Å². The van der Waals surface area contributed by atoms with Crippen LogP contribution in [-0.4, -0.2) is 36.2 Å². The zero-order valence-corrected chi connectivity index (χ0v) is 17.4. The number of carbonyl (C=O) groups is 1. The van der Waals surface area contributed by atoms with Crippen LogP contribution in [0.25, 0.3) is 0 Å². The van der Waals surface area contributed by atoms with E-state index in [1.165, 1.54) is 6.26 Å². The number of Topliss-reactive ketones (excluding diaryl/α,β-unsaturated/α-hetero) is 1. The van der Waals surface area contributed by atoms with Crippen molar-refractivity contribution in [3.63, 3.8) is 0 Å². The molecule has 0 amide bonds. The summed E-state index contributed by atoms with van der Waals surface area (Å²) in [5.41, 5.74) is 0. The molecule has 152 valence electrons. The van der Waals surface area contributed by atoms with Crippen molar-refractivity contribution < 1.29 is 23.4 Å². The molecule has 29 heavy (non-hydrogen) atoms. The van der Waals surface area contributed by atoms with E-state index in [9.17, 15) is 4.79 Å². The highest BCUT2D eigenvalue weighted by atomic mass is 79.9. The van der Waals surface area contributed by atoms with E-state index >= 15 is 0 Å². The van der Waals surface area contributed by atoms with Crippen molar-refractivity contribution in [3.05, 3.63) is 64.9 Å². The van der Waals surface area contributed by atoms with Gasteiger partial charge in [-0.2, -0.15) is 0 Å². The first-order valence-corrected chi connectivity index (χ1v) is 10.7. The Labute approximate surface area is 177 Å². The Balaban J connectivity index is 1.31. The van der Waals surface area contributed by atoms with Crippen LogP contribution in [0.5, 0.6) is 5.75 Å². The van der Waals surface area contributed by atoms with E-state index in [0.29, 0.717) is 19.0 Å². The number of rotatable bonds is 4. The lowest BCUT2D eigenvalue weighted by atomic mass is 9.73. The number of furan rings is 1. The minimum atomic E-state index is -0.203. The van der Waals surface area contributed by atoms with E-state index in [2.05, 4.69) is 20.8 Å². The molecule has 3 heterocycles. The fraction of sp³-hybridized carbons (Fsp3) is 0.409. The Morgan fingerprint density at radius 2 is 2.07 bits per heavy atom. The summed E-state index contributed by atoms with van der Waals surface area (Å²) in [5.74, 6) is 1.73. The number of ketones is 1. The Morgan fingerprint density at radius 3 is 2.90 bits per heavy atom. The lowest BCUT2D eigenvalue weighted by molar-refractivity contribution is -0.175. The molecule has 0 radical (unpaired) electrons. The maximum Gasteiger partial charge on any atom is 0.208 e. The summed E-state index contributed by atoms with van der Waals surface area (Å²) in [6, 6.07) is 11.3. The molecule has 5 rings (SSSR count). The molecule has 2 aromatic rings. The van der Waals surface area contributed by atoms with E-state index in [0.717, 1.165) is 29.6 Å². The van der Waals surface area contributed by atoms with Gasteiger partial charge in [-0.1, -0.05) is 12.1 Å². The Hall–Kier alpha value is -2.09. The van der Waals surface area contributed by atoms with E-state index in [1.54, 1.807) is 6.26 Å². The molecule has 1 saturated carbocycles. The number of carbonyl (C=O) groups excluding carboxylic acids is 1. The maximum absolute atomic E-state index is 13.1. The third-order valence-electron chi connectivity index (χ3n) is 5.93. The van der Waals surface area contributed by atoms with Gasteiger partial charge in [0.25, 0.3) is 0 Å². The van der Waals surface area contributed by atoms with Crippen molar-refractivity contribution in [1.82, 2.24) is 4.90 Å². The number of benzene rings is 1. The van der Waals surface area contributed by atoms with Gasteiger partial charge in [0.1, 0.15) is 23.9 Å². The summed E-state index contributed by atoms with van der Waals surface area (Å²) >= 11 is 3.45. The molecule has 6 nitrogen and oxygen atoms in total. The number of ether oxygens (including phenoxy) is 3. The zero-order chi connectivity index (χ0) is 19.8. The van der Waals surface area contributed by atoms with Gasteiger partial charge in [0.15, 0.2) is 0 Å². The second-order valence-corrected chi connectivity index (χ2v) is 8.61. The summed E-state index contributed by atoms with van der Waals surface area (Å²) < 4.78 is 24.3. The molecule has 1 aromatic carbocycles. The first-order chi connectivity index (χ1) is 14.2. The molecule has 4 atom stereocenters.